The Morgan fingerprint density at radius 3 is 1.35 bits per heavy atom. The van der Waals surface area contributed by atoms with Crippen molar-refractivity contribution >= 4 is 19.1 Å². The van der Waals surface area contributed by atoms with Gasteiger partial charge in [-0.25, -0.2) is 0 Å². The van der Waals surface area contributed by atoms with Crippen LogP contribution in [0.4, 0.5) is 0 Å². The molecule has 0 N–H and O–H groups in total. The van der Waals surface area contributed by atoms with Crippen LogP contribution in [0.5, 0.6) is 0 Å². The molecule has 2 saturated carbocycles. The Morgan fingerprint density at radius 1 is 0.765 bits per heavy atom. The summed E-state index contributed by atoms with van der Waals surface area (Å²) in [5.41, 5.74) is 0. The van der Waals surface area contributed by atoms with Gasteiger partial charge in [0.05, 0.1) is 0 Å². The van der Waals surface area contributed by atoms with Crippen LogP contribution in [-0.4, -0.2) is 0 Å². The van der Waals surface area contributed by atoms with E-state index in [1.165, 1.54) is 64.2 Å². The molecule has 0 aromatic carbocycles. The molecule has 0 aliphatic heterocycles. The third-order valence-electron chi connectivity index (χ3n) is 4.79. The van der Waals surface area contributed by atoms with Gasteiger partial charge in [-0.1, -0.05) is 71.1 Å². The van der Waals surface area contributed by atoms with E-state index in [2.05, 4.69) is 6.92 Å². The van der Waals surface area contributed by atoms with Gasteiger partial charge in [-0.3, -0.25) is 0 Å². The van der Waals surface area contributed by atoms with Gasteiger partial charge in [-0.05, 0) is 17.8 Å². The summed E-state index contributed by atoms with van der Waals surface area (Å²) in [5, 5.41) is 0. The van der Waals surface area contributed by atoms with Crippen molar-refractivity contribution in [1.29, 1.82) is 0 Å². The molecule has 0 aromatic rings. The van der Waals surface area contributed by atoms with Gasteiger partial charge >= 0.3 is 35.0 Å². The molecule has 0 saturated heterocycles. The van der Waals surface area contributed by atoms with Gasteiger partial charge in [0.1, 0.15) is 0 Å². The summed E-state index contributed by atoms with van der Waals surface area (Å²) < 4.78 is 0. The minimum atomic E-state index is -0.106. The second-order valence-corrected chi connectivity index (χ2v) is 8.06. The summed E-state index contributed by atoms with van der Waals surface area (Å²) in [5.74, 6) is 3.22. The van der Waals surface area contributed by atoms with Crippen molar-refractivity contribution in [2.75, 3.05) is 0 Å². The Labute approximate surface area is 123 Å². The molecule has 0 unspecified atom stereocenters. The molecule has 2 aliphatic rings. The van der Waals surface area contributed by atoms with Gasteiger partial charge in [-0.15, -0.1) is 0 Å². The number of hydrogen-bond acceptors (Lipinski definition) is 0. The first kappa shape index (κ1) is 16.3. The molecular weight excluding hydrogens is 345 g/mol. The topological polar surface area (TPSA) is 0 Å². The van der Waals surface area contributed by atoms with Gasteiger partial charge in [-0.2, -0.15) is 0 Å². The van der Waals surface area contributed by atoms with Gasteiger partial charge < -0.3 is 0 Å². The molecule has 17 heavy (non-hydrogen) atoms. The van der Waals surface area contributed by atoms with Crippen LogP contribution in [0, 0.1) is 17.8 Å². The SMILES string of the molecule is CC(C1CCCCC1)C1CCCCC1.[Cl][Pd][Cl]. The van der Waals surface area contributed by atoms with Crippen molar-refractivity contribution in [3.63, 3.8) is 0 Å². The Hall–Kier alpha value is 1.24. The zero-order valence-corrected chi connectivity index (χ0v) is 13.9. The van der Waals surface area contributed by atoms with E-state index in [-0.39, 0.29) is 15.9 Å². The van der Waals surface area contributed by atoms with E-state index in [1.54, 1.807) is 0 Å². The summed E-state index contributed by atoms with van der Waals surface area (Å²) in [6.45, 7) is 2.55. The molecule has 3 heteroatoms. The third-order valence-corrected chi connectivity index (χ3v) is 4.79. The number of hydrogen-bond donors (Lipinski definition) is 0. The van der Waals surface area contributed by atoms with Crippen LogP contribution in [0.15, 0.2) is 0 Å². The summed E-state index contributed by atoms with van der Waals surface area (Å²) in [4.78, 5) is 0. The quantitative estimate of drug-likeness (QED) is 0.510. The first-order valence-electron chi connectivity index (χ1n) is 7.12. The Kier molecular flexibility index (Phi) is 9.66. The zero-order valence-electron chi connectivity index (χ0n) is 10.9. The third kappa shape index (κ3) is 6.29. The van der Waals surface area contributed by atoms with Crippen LogP contribution in [0.1, 0.15) is 71.1 Å². The fourth-order valence-corrected chi connectivity index (χ4v) is 3.70. The first-order chi connectivity index (χ1) is 8.29. The van der Waals surface area contributed by atoms with Gasteiger partial charge in [0, 0.05) is 0 Å². The fourth-order valence-electron chi connectivity index (χ4n) is 3.70. The molecule has 0 aromatic heterocycles. The van der Waals surface area contributed by atoms with Crippen molar-refractivity contribution in [1.82, 2.24) is 0 Å². The Bertz CT molecular complexity index is 157. The van der Waals surface area contributed by atoms with E-state index in [1.807, 2.05) is 0 Å². The van der Waals surface area contributed by atoms with Crippen LogP contribution < -0.4 is 0 Å². The molecule has 0 atom stereocenters. The summed E-state index contributed by atoms with van der Waals surface area (Å²) in [7, 11) is 9.63. The summed E-state index contributed by atoms with van der Waals surface area (Å²) in [6.07, 6.45) is 15.2. The maximum absolute atomic E-state index is 4.81. The van der Waals surface area contributed by atoms with E-state index in [4.69, 9.17) is 19.1 Å². The van der Waals surface area contributed by atoms with Gasteiger partial charge in [0.2, 0.25) is 0 Å². The average molecular weight is 372 g/mol. The van der Waals surface area contributed by atoms with Crippen molar-refractivity contribution in [3.8, 4) is 0 Å². The van der Waals surface area contributed by atoms with Crippen LogP contribution in [0.2, 0.25) is 0 Å². The van der Waals surface area contributed by atoms with Crippen LogP contribution >= 0.6 is 19.1 Å². The number of rotatable bonds is 2. The molecule has 2 rings (SSSR count). The second-order valence-electron chi connectivity index (χ2n) is 5.70. The predicted octanol–water partition coefficient (Wildman–Crippen LogP) is 6.16. The molecule has 106 valence electrons. The molecular formula is C14H26Cl2Pd. The number of halogens is 2. The minimum absolute atomic E-state index is 0.106. The van der Waals surface area contributed by atoms with Crippen molar-refractivity contribution in [3.05, 3.63) is 0 Å². The molecule has 2 fully saturated rings. The van der Waals surface area contributed by atoms with E-state index < -0.39 is 0 Å². The normalized spacial score (nSPS) is 23.5. The van der Waals surface area contributed by atoms with E-state index in [0.717, 1.165) is 17.8 Å². The fraction of sp³-hybridized carbons (Fsp3) is 1.00. The van der Waals surface area contributed by atoms with Crippen molar-refractivity contribution < 1.29 is 15.9 Å². The Morgan fingerprint density at radius 2 is 1.06 bits per heavy atom. The molecule has 0 radical (unpaired) electrons. The first-order valence-corrected chi connectivity index (χ1v) is 11.1. The second kappa shape index (κ2) is 10.1. The van der Waals surface area contributed by atoms with Gasteiger partial charge in [0.25, 0.3) is 0 Å². The zero-order chi connectivity index (χ0) is 12.5. The van der Waals surface area contributed by atoms with E-state index >= 15 is 0 Å². The molecule has 0 bridgehead atoms. The molecule has 0 nitrogen and oxygen atoms in total. The molecule has 0 amide bonds. The van der Waals surface area contributed by atoms with Crippen LogP contribution in [-0.2, 0) is 15.9 Å². The average Bonchev–Trinajstić information content (AvgIpc) is 2.41. The molecule has 2 aliphatic carbocycles. The van der Waals surface area contributed by atoms with Crippen LogP contribution in [0.25, 0.3) is 0 Å². The summed E-state index contributed by atoms with van der Waals surface area (Å²) in [6, 6.07) is 0. The predicted molar refractivity (Wildman–Crippen MR) is 74.0 cm³/mol. The monoisotopic (exact) mass is 370 g/mol. The van der Waals surface area contributed by atoms with E-state index in [0.29, 0.717) is 0 Å². The molecule has 0 heterocycles. The van der Waals surface area contributed by atoms with Crippen LogP contribution in [0.3, 0.4) is 0 Å². The Balaban J connectivity index is 0.000000437. The molecule has 0 spiro atoms. The maximum atomic E-state index is 4.81. The van der Waals surface area contributed by atoms with Crippen molar-refractivity contribution in [2.45, 2.75) is 71.1 Å². The van der Waals surface area contributed by atoms with Crippen molar-refractivity contribution in [2.24, 2.45) is 17.8 Å². The summed E-state index contributed by atoms with van der Waals surface area (Å²) >= 11 is -0.106. The van der Waals surface area contributed by atoms with E-state index in [9.17, 15) is 0 Å². The van der Waals surface area contributed by atoms with Gasteiger partial charge in [0.15, 0.2) is 0 Å². The standard InChI is InChI=1S/C14H26.2ClH.Pd/c1-12(13-8-4-2-5-9-13)14-10-6-3-7-11-14;;;/h12-14H,2-11H2,1H3;2*1H;/q;;;+2/p-2.